The highest BCUT2D eigenvalue weighted by Gasteiger charge is 2.11. The smallest absolute Gasteiger partial charge is 0.337 e. The molecule has 2 aromatic rings. The third kappa shape index (κ3) is 5.20. The van der Waals surface area contributed by atoms with Gasteiger partial charge >= 0.3 is 5.97 Å². The fourth-order valence-electron chi connectivity index (χ4n) is 1.95. The fourth-order valence-corrected chi connectivity index (χ4v) is 1.95. The predicted molar refractivity (Wildman–Crippen MR) is 87.1 cm³/mol. The van der Waals surface area contributed by atoms with E-state index in [4.69, 9.17) is 0 Å². The molecule has 1 heterocycles. The molecule has 24 heavy (non-hydrogen) atoms. The number of benzene rings is 1. The van der Waals surface area contributed by atoms with Gasteiger partial charge in [-0.3, -0.25) is 14.6 Å². The van der Waals surface area contributed by atoms with Crippen LogP contribution in [0.3, 0.4) is 0 Å². The Morgan fingerprint density at radius 2 is 1.92 bits per heavy atom. The van der Waals surface area contributed by atoms with Crippen molar-refractivity contribution in [3.8, 4) is 0 Å². The van der Waals surface area contributed by atoms with Gasteiger partial charge in [0.2, 0.25) is 11.8 Å². The van der Waals surface area contributed by atoms with Gasteiger partial charge in [-0.25, -0.2) is 4.79 Å². The summed E-state index contributed by atoms with van der Waals surface area (Å²) >= 11 is 0. The van der Waals surface area contributed by atoms with Crippen LogP contribution in [0.4, 0.5) is 5.69 Å². The van der Waals surface area contributed by atoms with Gasteiger partial charge in [0.1, 0.15) is 6.42 Å². The summed E-state index contributed by atoms with van der Waals surface area (Å²) in [6.07, 6.45) is 1.30. The summed E-state index contributed by atoms with van der Waals surface area (Å²) in [5.41, 5.74) is 1.44. The summed E-state index contributed by atoms with van der Waals surface area (Å²) in [5, 5.41) is 5.19. The third-order valence-corrected chi connectivity index (χ3v) is 3.08. The van der Waals surface area contributed by atoms with Crippen molar-refractivity contribution < 1.29 is 19.1 Å². The Labute approximate surface area is 139 Å². The minimum Gasteiger partial charge on any atom is -0.465 e. The zero-order valence-corrected chi connectivity index (χ0v) is 13.1. The maximum Gasteiger partial charge on any atom is 0.337 e. The maximum absolute atomic E-state index is 11.9. The minimum absolute atomic E-state index is 0.255. The van der Waals surface area contributed by atoms with Crippen LogP contribution in [0.25, 0.3) is 0 Å². The molecule has 0 fully saturated rings. The Morgan fingerprint density at radius 1 is 1.08 bits per heavy atom. The monoisotopic (exact) mass is 327 g/mol. The molecule has 1 aromatic heterocycles. The van der Waals surface area contributed by atoms with Gasteiger partial charge in [-0.05, 0) is 30.3 Å². The number of pyridine rings is 1. The van der Waals surface area contributed by atoms with E-state index in [-0.39, 0.29) is 13.0 Å². The van der Waals surface area contributed by atoms with Crippen molar-refractivity contribution in [2.75, 3.05) is 12.4 Å². The average Bonchev–Trinajstić information content (AvgIpc) is 2.60. The molecule has 124 valence electrons. The predicted octanol–water partition coefficient (Wildman–Crippen LogP) is 1.51. The van der Waals surface area contributed by atoms with Gasteiger partial charge in [0.25, 0.3) is 0 Å². The van der Waals surface area contributed by atoms with Gasteiger partial charge in [0.15, 0.2) is 0 Å². The Hall–Kier alpha value is -3.22. The molecule has 0 saturated carbocycles. The SMILES string of the molecule is COC(=O)c1cccc(NC(=O)CC(=O)NCc2ccccn2)c1. The van der Waals surface area contributed by atoms with Crippen molar-refractivity contribution in [1.29, 1.82) is 0 Å². The Bertz CT molecular complexity index is 732. The number of hydrogen-bond acceptors (Lipinski definition) is 5. The Morgan fingerprint density at radius 3 is 2.62 bits per heavy atom. The first-order valence-electron chi connectivity index (χ1n) is 7.23. The molecule has 0 atom stereocenters. The van der Waals surface area contributed by atoms with Crippen LogP contribution in [0.2, 0.25) is 0 Å². The quantitative estimate of drug-likeness (QED) is 0.619. The van der Waals surface area contributed by atoms with Crippen molar-refractivity contribution in [2.45, 2.75) is 13.0 Å². The van der Waals surface area contributed by atoms with Crippen LogP contribution in [-0.4, -0.2) is 29.9 Å². The second-order valence-electron chi connectivity index (χ2n) is 4.90. The second kappa shape index (κ2) is 8.42. The van der Waals surface area contributed by atoms with Crippen LogP contribution >= 0.6 is 0 Å². The van der Waals surface area contributed by atoms with Gasteiger partial charge in [0, 0.05) is 11.9 Å². The van der Waals surface area contributed by atoms with Gasteiger partial charge in [-0.1, -0.05) is 12.1 Å². The number of nitrogens with one attached hydrogen (secondary N) is 2. The van der Waals surface area contributed by atoms with E-state index in [1.54, 1.807) is 36.5 Å². The average molecular weight is 327 g/mol. The molecule has 0 saturated heterocycles. The standard InChI is InChI=1S/C17H17N3O4/c1-24-17(23)12-5-4-7-13(9-12)20-16(22)10-15(21)19-11-14-6-2-3-8-18-14/h2-9H,10-11H2,1H3,(H,19,21)(H,20,22). The number of nitrogens with zero attached hydrogens (tertiary/aromatic N) is 1. The van der Waals surface area contributed by atoms with E-state index in [0.29, 0.717) is 16.9 Å². The van der Waals surface area contributed by atoms with E-state index >= 15 is 0 Å². The van der Waals surface area contributed by atoms with Gasteiger partial charge in [0.05, 0.1) is 24.9 Å². The lowest BCUT2D eigenvalue weighted by molar-refractivity contribution is -0.126. The lowest BCUT2D eigenvalue weighted by Gasteiger charge is -2.07. The number of anilines is 1. The van der Waals surface area contributed by atoms with Crippen molar-refractivity contribution in [3.05, 3.63) is 59.9 Å². The minimum atomic E-state index is -0.501. The fraction of sp³-hybridized carbons (Fsp3) is 0.176. The van der Waals surface area contributed by atoms with Crippen LogP contribution in [0.5, 0.6) is 0 Å². The van der Waals surface area contributed by atoms with E-state index in [2.05, 4.69) is 20.4 Å². The number of aromatic nitrogens is 1. The molecule has 0 unspecified atom stereocenters. The van der Waals surface area contributed by atoms with E-state index in [1.807, 2.05) is 6.07 Å². The number of amides is 2. The van der Waals surface area contributed by atoms with Gasteiger partial charge in [-0.15, -0.1) is 0 Å². The number of ether oxygens (including phenoxy) is 1. The van der Waals surface area contributed by atoms with Crippen LogP contribution in [0.1, 0.15) is 22.5 Å². The molecule has 7 heteroatoms. The van der Waals surface area contributed by atoms with Crippen LogP contribution < -0.4 is 10.6 Å². The first-order chi connectivity index (χ1) is 11.6. The van der Waals surface area contributed by atoms with Crippen molar-refractivity contribution >= 4 is 23.5 Å². The number of esters is 1. The number of methoxy groups -OCH3 is 1. The topological polar surface area (TPSA) is 97.4 Å². The van der Waals surface area contributed by atoms with E-state index < -0.39 is 17.8 Å². The maximum atomic E-state index is 11.9. The van der Waals surface area contributed by atoms with Gasteiger partial charge in [-0.2, -0.15) is 0 Å². The molecule has 0 aliphatic rings. The highest BCUT2D eigenvalue weighted by molar-refractivity contribution is 6.04. The molecule has 2 amide bonds. The molecule has 7 nitrogen and oxygen atoms in total. The van der Waals surface area contributed by atoms with E-state index in [9.17, 15) is 14.4 Å². The van der Waals surface area contributed by atoms with E-state index in [1.165, 1.54) is 13.2 Å². The zero-order chi connectivity index (χ0) is 17.4. The molecule has 0 aliphatic carbocycles. The molecule has 0 aliphatic heterocycles. The number of hydrogen-bond donors (Lipinski definition) is 2. The van der Waals surface area contributed by atoms with Gasteiger partial charge < -0.3 is 15.4 Å². The molecule has 2 N–H and O–H groups in total. The lowest BCUT2D eigenvalue weighted by atomic mass is 10.2. The number of rotatable bonds is 6. The normalized spacial score (nSPS) is 9.88. The first kappa shape index (κ1) is 17.1. The van der Waals surface area contributed by atoms with Crippen molar-refractivity contribution in [2.24, 2.45) is 0 Å². The lowest BCUT2D eigenvalue weighted by Crippen LogP contribution is -2.28. The number of carbonyl (C=O) groups excluding carboxylic acids is 3. The molecule has 2 rings (SSSR count). The van der Waals surface area contributed by atoms with Crippen LogP contribution in [-0.2, 0) is 20.9 Å². The molecule has 0 radical (unpaired) electrons. The Kier molecular flexibility index (Phi) is 6.01. The summed E-state index contributed by atoms with van der Waals surface area (Å²) in [7, 11) is 1.28. The summed E-state index contributed by atoms with van der Waals surface area (Å²) in [6.45, 7) is 0.255. The second-order valence-corrected chi connectivity index (χ2v) is 4.90. The van der Waals surface area contributed by atoms with E-state index in [0.717, 1.165) is 0 Å². The van der Waals surface area contributed by atoms with Crippen molar-refractivity contribution in [3.63, 3.8) is 0 Å². The summed E-state index contributed by atoms with van der Waals surface area (Å²) in [4.78, 5) is 39.2. The van der Waals surface area contributed by atoms with Crippen LogP contribution in [0, 0.1) is 0 Å². The summed E-state index contributed by atoms with van der Waals surface area (Å²) in [5.74, 6) is -1.39. The zero-order valence-electron chi connectivity index (χ0n) is 13.1. The summed E-state index contributed by atoms with van der Waals surface area (Å²) in [6, 6.07) is 11.7. The first-order valence-corrected chi connectivity index (χ1v) is 7.23. The molecular weight excluding hydrogens is 310 g/mol. The molecule has 1 aromatic carbocycles. The van der Waals surface area contributed by atoms with Crippen LogP contribution in [0.15, 0.2) is 48.7 Å². The highest BCUT2D eigenvalue weighted by Crippen LogP contribution is 2.11. The molecule has 0 spiro atoms. The molecular formula is C17H17N3O4. The largest absolute Gasteiger partial charge is 0.465 e. The van der Waals surface area contributed by atoms with Crippen molar-refractivity contribution in [1.82, 2.24) is 10.3 Å². The highest BCUT2D eigenvalue weighted by atomic mass is 16.5. The molecule has 0 bridgehead atoms. The summed E-state index contributed by atoms with van der Waals surface area (Å²) < 4.78 is 4.61. The third-order valence-electron chi connectivity index (χ3n) is 3.08. The number of carbonyl (C=O) groups is 3. The Balaban J connectivity index is 1.84.